The van der Waals surface area contributed by atoms with E-state index < -0.39 is 0 Å². The molecular weight excluding hydrogens is 253 g/mol. The predicted octanol–water partition coefficient (Wildman–Crippen LogP) is 4.60. The van der Waals surface area contributed by atoms with E-state index in [4.69, 9.17) is 4.74 Å². The van der Waals surface area contributed by atoms with Crippen molar-refractivity contribution in [3.05, 3.63) is 29.6 Å². The molecule has 0 spiro atoms. The van der Waals surface area contributed by atoms with Crippen LogP contribution in [-0.4, -0.2) is 12.6 Å². The van der Waals surface area contributed by atoms with Gasteiger partial charge in [-0.25, -0.2) is 4.39 Å². The molecule has 1 aliphatic carbocycles. The smallest absolute Gasteiger partial charge is 0.131 e. The van der Waals surface area contributed by atoms with Crippen molar-refractivity contribution in [1.29, 1.82) is 0 Å². The highest BCUT2D eigenvalue weighted by Crippen LogP contribution is 2.31. The Labute approximate surface area is 121 Å². The quantitative estimate of drug-likeness (QED) is 0.822. The molecule has 1 aromatic carbocycles. The maximum Gasteiger partial charge on any atom is 0.131 e. The minimum absolute atomic E-state index is 0.0188. The fraction of sp³-hybridized carbons (Fsp3) is 0.647. The summed E-state index contributed by atoms with van der Waals surface area (Å²) >= 11 is 0. The molecule has 0 bridgehead atoms. The van der Waals surface area contributed by atoms with Gasteiger partial charge in [0.2, 0.25) is 0 Å². The molecule has 2 rings (SSSR count). The molecule has 0 saturated heterocycles. The zero-order valence-corrected chi connectivity index (χ0v) is 12.6. The molecule has 0 aromatic heterocycles. The topological polar surface area (TPSA) is 21.3 Å². The molecule has 0 amide bonds. The molecule has 1 saturated carbocycles. The van der Waals surface area contributed by atoms with Crippen LogP contribution in [0, 0.1) is 5.82 Å². The first kappa shape index (κ1) is 15.3. The largest absolute Gasteiger partial charge is 0.490 e. The molecule has 2 nitrogen and oxygen atoms in total. The summed E-state index contributed by atoms with van der Waals surface area (Å²) in [7, 11) is 0. The molecular formula is C17H26FNO. The van der Waals surface area contributed by atoms with Crippen LogP contribution in [0.15, 0.2) is 18.2 Å². The van der Waals surface area contributed by atoms with Gasteiger partial charge in [0.25, 0.3) is 0 Å². The van der Waals surface area contributed by atoms with Crippen molar-refractivity contribution >= 4 is 0 Å². The van der Waals surface area contributed by atoms with Gasteiger partial charge in [0.1, 0.15) is 11.6 Å². The highest BCUT2D eigenvalue weighted by molar-refractivity contribution is 5.37. The molecule has 0 heterocycles. The number of halogens is 1. The lowest BCUT2D eigenvalue weighted by Gasteiger charge is -2.26. The summed E-state index contributed by atoms with van der Waals surface area (Å²) < 4.78 is 20.3. The second-order valence-corrected chi connectivity index (χ2v) is 5.71. The fourth-order valence-electron chi connectivity index (χ4n) is 2.87. The first-order chi connectivity index (χ1) is 9.72. The summed E-state index contributed by atoms with van der Waals surface area (Å²) in [4.78, 5) is 0. The van der Waals surface area contributed by atoms with Crippen LogP contribution in [0.25, 0.3) is 0 Å². The molecule has 1 atom stereocenters. The van der Waals surface area contributed by atoms with E-state index >= 15 is 0 Å². The summed E-state index contributed by atoms with van der Waals surface area (Å²) in [5, 5.41) is 3.35. The third-order valence-electron chi connectivity index (χ3n) is 3.99. The Balaban J connectivity index is 2.12. The lowest BCUT2D eigenvalue weighted by atomic mass is 9.97. The maximum atomic E-state index is 14.2. The van der Waals surface area contributed by atoms with Crippen LogP contribution >= 0.6 is 0 Å². The van der Waals surface area contributed by atoms with Gasteiger partial charge in [0.05, 0.1) is 6.10 Å². The van der Waals surface area contributed by atoms with Crippen LogP contribution in [0.4, 0.5) is 4.39 Å². The summed E-state index contributed by atoms with van der Waals surface area (Å²) in [6, 6.07) is 5.14. The van der Waals surface area contributed by atoms with Gasteiger partial charge in [-0.05, 0) is 57.7 Å². The maximum absolute atomic E-state index is 14.2. The van der Waals surface area contributed by atoms with Gasteiger partial charge >= 0.3 is 0 Å². The van der Waals surface area contributed by atoms with Crippen LogP contribution in [0.3, 0.4) is 0 Å². The standard InChI is InChI=1S/C17H26FNO/c1-3-12-19-13(2)17-15(18)10-7-11-16(17)20-14-8-5-4-6-9-14/h7,10-11,13-14,19H,3-6,8-9,12H2,1-2H3. The zero-order chi connectivity index (χ0) is 14.4. The lowest BCUT2D eigenvalue weighted by molar-refractivity contribution is 0.152. The molecule has 0 aliphatic heterocycles. The average Bonchev–Trinajstić information content (AvgIpc) is 2.46. The van der Waals surface area contributed by atoms with Crippen molar-refractivity contribution in [3.8, 4) is 5.75 Å². The molecule has 20 heavy (non-hydrogen) atoms. The van der Waals surface area contributed by atoms with Gasteiger partial charge in [-0.1, -0.05) is 19.4 Å². The van der Waals surface area contributed by atoms with Crippen molar-refractivity contribution in [3.63, 3.8) is 0 Å². The van der Waals surface area contributed by atoms with Crippen LogP contribution in [0.5, 0.6) is 5.75 Å². The SMILES string of the molecule is CCCNC(C)c1c(F)cccc1OC1CCCCC1. The van der Waals surface area contributed by atoms with E-state index in [-0.39, 0.29) is 18.0 Å². The number of ether oxygens (including phenoxy) is 1. The predicted molar refractivity (Wildman–Crippen MR) is 80.6 cm³/mol. The second kappa shape index (κ2) is 7.63. The van der Waals surface area contributed by atoms with Crippen LogP contribution < -0.4 is 10.1 Å². The van der Waals surface area contributed by atoms with Gasteiger partial charge in [0, 0.05) is 11.6 Å². The number of hydrogen-bond donors (Lipinski definition) is 1. The van der Waals surface area contributed by atoms with Crippen molar-refractivity contribution in [1.82, 2.24) is 5.32 Å². The number of hydrogen-bond acceptors (Lipinski definition) is 2. The Morgan fingerprint density at radius 3 is 2.75 bits per heavy atom. The molecule has 1 aromatic rings. The Morgan fingerprint density at radius 2 is 2.05 bits per heavy atom. The van der Waals surface area contributed by atoms with E-state index in [0.29, 0.717) is 11.3 Å². The highest BCUT2D eigenvalue weighted by atomic mass is 19.1. The molecule has 3 heteroatoms. The Morgan fingerprint density at radius 1 is 1.30 bits per heavy atom. The average molecular weight is 279 g/mol. The van der Waals surface area contributed by atoms with Crippen LogP contribution in [-0.2, 0) is 0 Å². The first-order valence-electron chi connectivity index (χ1n) is 7.90. The van der Waals surface area contributed by atoms with E-state index in [9.17, 15) is 4.39 Å². The lowest BCUT2D eigenvalue weighted by Crippen LogP contribution is -2.24. The van der Waals surface area contributed by atoms with E-state index in [2.05, 4.69) is 12.2 Å². The fourth-order valence-corrected chi connectivity index (χ4v) is 2.87. The van der Waals surface area contributed by atoms with Crippen molar-refractivity contribution in [2.24, 2.45) is 0 Å². The molecule has 1 aliphatic rings. The van der Waals surface area contributed by atoms with Gasteiger partial charge < -0.3 is 10.1 Å². The van der Waals surface area contributed by atoms with Gasteiger partial charge in [-0.2, -0.15) is 0 Å². The van der Waals surface area contributed by atoms with E-state index in [1.54, 1.807) is 6.07 Å². The minimum Gasteiger partial charge on any atom is -0.490 e. The van der Waals surface area contributed by atoms with Gasteiger partial charge in [-0.15, -0.1) is 0 Å². The third-order valence-corrected chi connectivity index (χ3v) is 3.99. The summed E-state index contributed by atoms with van der Waals surface area (Å²) in [5.74, 6) is 0.544. The van der Waals surface area contributed by atoms with Crippen LogP contribution in [0.2, 0.25) is 0 Å². The molecule has 1 unspecified atom stereocenters. The molecule has 1 N–H and O–H groups in total. The Kier molecular flexibility index (Phi) is 5.84. The normalized spacial score (nSPS) is 17.9. The number of benzene rings is 1. The van der Waals surface area contributed by atoms with Crippen molar-refractivity contribution < 1.29 is 9.13 Å². The number of rotatable bonds is 6. The van der Waals surface area contributed by atoms with Crippen molar-refractivity contribution in [2.45, 2.75) is 64.5 Å². The Bertz CT molecular complexity index is 415. The van der Waals surface area contributed by atoms with E-state index in [0.717, 1.165) is 25.8 Å². The summed E-state index contributed by atoms with van der Waals surface area (Å²) in [5.41, 5.74) is 0.673. The second-order valence-electron chi connectivity index (χ2n) is 5.71. The van der Waals surface area contributed by atoms with E-state index in [1.165, 1.54) is 25.3 Å². The summed E-state index contributed by atoms with van der Waals surface area (Å²) in [6.45, 7) is 5.00. The van der Waals surface area contributed by atoms with Crippen molar-refractivity contribution in [2.75, 3.05) is 6.54 Å². The third kappa shape index (κ3) is 3.95. The van der Waals surface area contributed by atoms with Gasteiger partial charge in [0.15, 0.2) is 0 Å². The van der Waals surface area contributed by atoms with Crippen LogP contribution in [0.1, 0.15) is 64.0 Å². The monoisotopic (exact) mass is 279 g/mol. The van der Waals surface area contributed by atoms with E-state index in [1.807, 2.05) is 13.0 Å². The Hall–Kier alpha value is -1.09. The minimum atomic E-state index is -0.172. The zero-order valence-electron chi connectivity index (χ0n) is 12.6. The molecule has 112 valence electrons. The first-order valence-corrected chi connectivity index (χ1v) is 7.90. The molecule has 1 fully saturated rings. The highest BCUT2D eigenvalue weighted by Gasteiger charge is 2.20. The summed E-state index contributed by atoms with van der Waals surface area (Å²) in [6.07, 6.45) is 7.21. The molecule has 0 radical (unpaired) electrons. The number of nitrogens with one attached hydrogen (secondary N) is 1. The van der Waals surface area contributed by atoms with Gasteiger partial charge in [-0.3, -0.25) is 0 Å².